The Morgan fingerprint density at radius 1 is 1.07 bits per heavy atom. The van der Waals surface area contributed by atoms with E-state index in [-0.39, 0.29) is 0 Å². The van der Waals surface area contributed by atoms with Crippen LogP contribution in [0.15, 0.2) is 65.8 Å². The minimum Gasteiger partial charge on any atom is -0.346 e. The second kappa shape index (κ2) is 8.47. The maximum Gasteiger partial charge on any atom is 0.405 e. The highest BCUT2D eigenvalue weighted by atomic mass is 32.2. The summed E-state index contributed by atoms with van der Waals surface area (Å²) < 4.78 is 38.8. The lowest BCUT2D eigenvalue weighted by Crippen LogP contribution is -2.38. The van der Waals surface area contributed by atoms with Crippen molar-refractivity contribution in [1.82, 2.24) is 20.1 Å². The number of thioether (sulfide) groups is 1. The summed E-state index contributed by atoms with van der Waals surface area (Å²) in [7, 11) is 0. The Hall–Kier alpha value is -2.81. The number of rotatable bonds is 6. The van der Waals surface area contributed by atoms with Gasteiger partial charge in [0.1, 0.15) is 6.54 Å². The fourth-order valence-electron chi connectivity index (χ4n) is 2.47. The summed E-state index contributed by atoms with van der Waals surface area (Å²) in [6.07, 6.45) is -4.45. The molecule has 0 aliphatic rings. The zero-order valence-electron chi connectivity index (χ0n) is 14.8. The van der Waals surface area contributed by atoms with Crippen LogP contribution in [0.2, 0.25) is 0 Å². The number of hydrogen-bond donors (Lipinski definition) is 1. The van der Waals surface area contributed by atoms with Crippen molar-refractivity contribution in [2.75, 3.05) is 6.54 Å². The average Bonchev–Trinajstić information content (AvgIpc) is 3.10. The molecule has 0 saturated heterocycles. The van der Waals surface area contributed by atoms with E-state index >= 15 is 0 Å². The number of amides is 1. The second-order valence-corrected chi connectivity index (χ2v) is 7.24. The quantitative estimate of drug-likeness (QED) is 0.627. The molecule has 1 heterocycles. The molecule has 0 radical (unpaired) electrons. The molecule has 1 N–H and O–H groups in total. The minimum absolute atomic E-state index is 0.416. The van der Waals surface area contributed by atoms with Crippen LogP contribution >= 0.6 is 11.8 Å². The lowest BCUT2D eigenvalue weighted by Gasteiger charge is -2.14. The van der Waals surface area contributed by atoms with Gasteiger partial charge in [-0.3, -0.25) is 9.36 Å². The first-order valence-corrected chi connectivity index (χ1v) is 9.30. The smallest absolute Gasteiger partial charge is 0.346 e. The fraction of sp³-hybridized carbons (Fsp3) is 0.211. The van der Waals surface area contributed by atoms with Gasteiger partial charge in [-0.05, 0) is 19.1 Å². The highest BCUT2D eigenvalue weighted by molar-refractivity contribution is 8.00. The molecule has 0 fully saturated rings. The Kier molecular flexibility index (Phi) is 6.03. The first-order valence-electron chi connectivity index (χ1n) is 8.42. The third kappa shape index (κ3) is 4.92. The summed E-state index contributed by atoms with van der Waals surface area (Å²) in [5.41, 5.74) is 1.62. The molecule has 1 aromatic heterocycles. The third-order valence-corrected chi connectivity index (χ3v) is 4.84. The number of alkyl halides is 3. The highest BCUT2D eigenvalue weighted by Crippen LogP contribution is 2.30. The molecule has 0 saturated carbocycles. The van der Waals surface area contributed by atoms with Gasteiger partial charge < -0.3 is 5.32 Å². The minimum atomic E-state index is -4.45. The van der Waals surface area contributed by atoms with Crippen molar-refractivity contribution in [3.63, 3.8) is 0 Å². The number of carbonyl (C=O) groups excluding carboxylic acids is 1. The van der Waals surface area contributed by atoms with E-state index in [1.165, 1.54) is 6.92 Å². The van der Waals surface area contributed by atoms with Gasteiger partial charge in [0.15, 0.2) is 11.0 Å². The van der Waals surface area contributed by atoms with Gasteiger partial charge in [0, 0.05) is 11.3 Å². The normalized spacial score (nSPS) is 12.6. The van der Waals surface area contributed by atoms with Crippen LogP contribution in [0, 0.1) is 0 Å². The van der Waals surface area contributed by atoms with Gasteiger partial charge in [-0.15, -0.1) is 10.2 Å². The largest absolute Gasteiger partial charge is 0.405 e. The Labute approximate surface area is 164 Å². The third-order valence-electron chi connectivity index (χ3n) is 3.79. The predicted octanol–water partition coefficient (Wildman–Crippen LogP) is 4.09. The van der Waals surface area contributed by atoms with E-state index in [2.05, 4.69) is 10.2 Å². The molecule has 3 rings (SSSR count). The van der Waals surface area contributed by atoms with Gasteiger partial charge in [0.25, 0.3) is 0 Å². The van der Waals surface area contributed by atoms with E-state index in [0.29, 0.717) is 11.0 Å². The van der Waals surface area contributed by atoms with Crippen LogP contribution in [0.5, 0.6) is 0 Å². The molecular formula is C19H17F3N4OS. The maximum absolute atomic E-state index is 12.3. The van der Waals surface area contributed by atoms with Crippen molar-refractivity contribution >= 4 is 17.7 Å². The van der Waals surface area contributed by atoms with Crippen LogP contribution in [0.1, 0.15) is 6.92 Å². The molecular weight excluding hydrogens is 389 g/mol. The molecule has 1 unspecified atom stereocenters. The molecule has 5 nitrogen and oxygen atoms in total. The Morgan fingerprint density at radius 3 is 2.29 bits per heavy atom. The van der Waals surface area contributed by atoms with Crippen LogP contribution in [0.4, 0.5) is 13.2 Å². The highest BCUT2D eigenvalue weighted by Gasteiger charge is 2.29. The molecule has 146 valence electrons. The summed E-state index contributed by atoms with van der Waals surface area (Å²) in [5, 5.41) is 9.95. The van der Waals surface area contributed by atoms with Crippen LogP contribution in [0.25, 0.3) is 17.1 Å². The number of para-hydroxylation sites is 1. The van der Waals surface area contributed by atoms with Crippen molar-refractivity contribution in [2.24, 2.45) is 0 Å². The van der Waals surface area contributed by atoms with Crippen LogP contribution < -0.4 is 5.32 Å². The number of nitrogens with zero attached hydrogens (tertiary/aromatic N) is 3. The topological polar surface area (TPSA) is 59.8 Å². The van der Waals surface area contributed by atoms with Gasteiger partial charge in [-0.25, -0.2) is 0 Å². The summed E-state index contributed by atoms with van der Waals surface area (Å²) in [5.74, 6) is -0.136. The van der Waals surface area contributed by atoms with Crippen LogP contribution in [0.3, 0.4) is 0 Å². The fourth-order valence-corrected chi connectivity index (χ4v) is 3.36. The SMILES string of the molecule is CC(Sc1nnc(-c2ccccc2)n1-c1ccccc1)C(=O)NCC(F)(F)F. The molecule has 0 aliphatic heterocycles. The average molecular weight is 406 g/mol. The molecule has 0 bridgehead atoms. The molecule has 28 heavy (non-hydrogen) atoms. The lowest BCUT2D eigenvalue weighted by molar-refractivity contribution is -0.137. The van der Waals surface area contributed by atoms with E-state index < -0.39 is 23.9 Å². The zero-order chi connectivity index (χ0) is 20.1. The number of nitrogens with one attached hydrogen (secondary N) is 1. The molecule has 1 atom stereocenters. The first kappa shape index (κ1) is 19.9. The zero-order valence-corrected chi connectivity index (χ0v) is 15.7. The number of halogens is 3. The van der Waals surface area contributed by atoms with Crippen LogP contribution in [-0.4, -0.2) is 38.6 Å². The van der Waals surface area contributed by atoms with Crippen molar-refractivity contribution in [3.05, 3.63) is 60.7 Å². The van der Waals surface area contributed by atoms with Crippen molar-refractivity contribution in [2.45, 2.75) is 23.5 Å². The molecule has 3 aromatic rings. The maximum atomic E-state index is 12.3. The van der Waals surface area contributed by atoms with E-state index in [4.69, 9.17) is 0 Å². The predicted molar refractivity (Wildman–Crippen MR) is 101 cm³/mol. The second-order valence-electron chi connectivity index (χ2n) is 5.94. The van der Waals surface area contributed by atoms with E-state index in [1.807, 2.05) is 66.0 Å². The van der Waals surface area contributed by atoms with Gasteiger partial charge in [0.05, 0.1) is 5.25 Å². The van der Waals surface area contributed by atoms with Gasteiger partial charge in [0.2, 0.25) is 5.91 Å². The summed E-state index contributed by atoms with van der Waals surface area (Å²) in [4.78, 5) is 12.0. The van der Waals surface area contributed by atoms with Gasteiger partial charge in [-0.2, -0.15) is 13.2 Å². The summed E-state index contributed by atoms with van der Waals surface area (Å²) in [6, 6.07) is 18.7. The lowest BCUT2D eigenvalue weighted by atomic mass is 10.2. The molecule has 9 heteroatoms. The monoisotopic (exact) mass is 406 g/mol. The first-order chi connectivity index (χ1) is 13.3. The van der Waals surface area contributed by atoms with Crippen molar-refractivity contribution in [1.29, 1.82) is 0 Å². The van der Waals surface area contributed by atoms with Gasteiger partial charge in [-0.1, -0.05) is 60.3 Å². The summed E-state index contributed by atoms with van der Waals surface area (Å²) in [6.45, 7) is 0.167. The molecule has 0 spiro atoms. The number of hydrogen-bond acceptors (Lipinski definition) is 4. The molecule has 1 amide bonds. The number of carbonyl (C=O) groups is 1. The van der Waals surface area contributed by atoms with E-state index in [1.54, 1.807) is 4.57 Å². The summed E-state index contributed by atoms with van der Waals surface area (Å²) >= 11 is 1.05. The Bertz CT molecular complexity index is 929. The number of aromatic nitrogens is 3. The Morgan fingerprint density at radius 2 is 1.68 bits per heavy atom. The van der Waals surface area contributed by atoms with Gasteiger partial charge >= 0.3 is 6.18 Å². The van der Waals surface area contributed by atoms with E-state index in [9.17, 15) is 18.0 Å². The molecule has 0 aliphatic carbocycles. The van der Waals surface area contributed by atoms with Crippen molar-refractivity contribution < 1.29 is 18.0 Å². The number of benzene rings is 2. The standard InChI is InChI=1S/C19H17F3N4OS/c1-13(17(27)23-12-19(20,21)22)28-18-25-24-16(14-8-4-2-5-9-14)26(18)15-10-6-3-7-11-15/h2-11,13H,12H2,1H3,(H,23,27). The Balaban J connectivity index is 1.89. The van der Waals surface area contributed by atoms with Crippen molar-refractivity contribution in [3.8, 4) is 17.1 Å². The van der Waals surface area contributed by atoms with Crippen LogP contribution in [-0.2, 0) is 4.79 Å². The van der Waals surface area contributed by atoms with E-state index in [0.717, 1.165) is 23.0 Å². The molecule has 2 aromatic carbocycles.